The third-order valence-corrected chi connectivity index (χ3v) is 5.96. The first-order valence-electron chi connectivity index (χ1n) is 11.1. The van der Waals surface area contributed by atoms with Crippen molar-refractivity contribution in [1.82, 2.24) is 9.97 Å². The number of aromatic nitrogens is 2. The van der Waals surface area contributed by atoms with Gasteiger partial charge >= 0.3 is 0 Å². The molecule has 9 nitrogen and oxygen atoms in total. The fraction of sp³-hybridized carbons (Fsp3) is 0.115. The first kappa shape index (κ1) is 28.5. The molecule has 0 bridgehead atoms. The Bertz CT molecular complexity index is 1570. The van der Waals surface area contributed by atoms with Gasteiger partial charge in [0, 0.05) is 16.8 Å². The van der Waals surface area contributed by atoms with Gasteiger partial charge in [-0.05, 0) is 67.1 Å². The number of nitrogens with one attached hydrogen (secondary N) is 2. The highest BCUT2D eigenvalue weighted by molar-refractivity contribution is 7.85. The van der Waals surface area contributed by atoms with E-state index in [0.29, 0.717) is 39.0 Å². The molecular weight excluding hydrogens is 535 g/mol. The molecule has 3 aromatic carbocycles. The molecule has 0 unspecified atom stereocenters. The van der Waals surface area contributed by atoms with Gasteiger partial charge in [-0.3, -0.25) is 9.35 Å². The summed E-state index contributed by atoms with van der Waals surface area (Å²) in [5.74, 6) is 0.197. The average molecular weight is 559 g/mol. The summed E-state index contributed by atoms with van der Waals surface area (Å²) in [5.41, 5.74) is 2.70. The number of hydrogen-bond donors (Lipinski definition) is 3. The Hall–Kier alpha value is -4.06. The monoisotopic (exact) mass is 558 g/mol. The zero-order valence-electron chi connectivity index (χ0n) is 20.2. The van der Waals surface area contributed by atoms with Crippen LogP contribution in [0, 0.1) is 5.82 Å². The van der Waals surface area contributed by atoms with E-state index in [1.807, 2.05) is 0 Å². The van der Waals surface area contributed by atoms with Gasteiger partial charge in [-0.1, -0.05) is 30.3 Å². The van der Waals surface area contributed by atoms with Crippen molar-refractivity contribution < 1.29 is 26.9 Å². The van der Waals surface area contributed by atoms with Crippen molar-refractivity contribution in [2.24, 2.45) is 0 Å². The first-order chi connectivity index (χ1) is 18.1. The van der Waals surface area contributed by atoms with E-state index in [0.717, 1.165) is 5.39 Å². The van der Waals surface area contributed by atoms with E-state index in [-0.39, 0.29) is 24.1 Å². The number of benzene rings is 3. The van der Waals surface area contributed by atoms with Crippen LogP contribution in [0.25, 0.3) is 10.9 Å². The molecule has 0 spiro atoms. The number of nitrogens with zero attached hydrogens (tertiary/aromatic N) is 2. The maximum atomic E-state index is 13.3. The maximum Gasteiger partial charge on any atom is 0.264 e. The fourth-order valence-electron chi connectivity index (χ4n) is 3.05. The third-order valence-electron chi connectivity index (χ3n) is 4.93. The van der Waals surface area contributed by atoms with Crippen LogP contribution in [-0.2, 0) is 21.5 Å². The van der Waals surface area contributed by atoms with Crippen LogP contribution in [-0.4, -0.2) is 34.6 Å². The molecule has 3 N–H and O–H groups in total. The van der Waals surface area contributed by atoms with Gasteiger partial charge in [0.15, 0.2) is 0 Å². The molecule has 4 aromatic rings. The highest BCUT2D eigenvalue weighted by atomic mass is 35.5. The molecule has 0 atom stereocenters. The van der Waals surface area contributed by atoms with Gasteiger partial charge in [0.1, 0.15) is 30.3 Å². The van der Waals surface area contributed by atoms with E-state index in [2.05, 4.69) is 27.2 Å². The molecule has 0 saturated carbocycles. The molecule has 1 amide bonds. The van der Waals surface area contributed by atoms with Crippen molar-refractivity contribution in [2.75, 3.05) is 16.4 Å². The van der Waals surface area contributed by atoms with Crippen LogP contribution in [0.15, 0.2) is 79.6 Å². The van der Waals surface area contributed by atoms with E-state index in [4.69, 9.17) is 20.9 Å². The number of ether oxygens (including phenoxy) is 1. The Morgan fingerprint density at radius 3 is 2.53 bits per heavy atom. The molecule has 198 valence electrons. The SMILES string of the molecule is C=CC(=O)Nc1ccc2ncnc(Nc3ccc(OCc4cccc(F)c4)c(Cl)c3)c2c1.CCS(=O)(=O)O. The van der Waals surface area contributed by atoms with Gasteiger partial charge < -0.3 is 15.4 Å². The number of hydrogen-bond acceptors (Lipinski definition) is 7. The summed E-state index contributed by atoms with van der Waals surface area (Å²) in [6.45, 7) is 5.02. The number of rotatable bonds is 8. The normalized spacial score (nSPS) is 10.7. The third kappa shape index (κ3) is 8.51. The lowest BCUT2D eigenvalue weighted by Crippen LogP contribution is -2.07. The zero-order valence-corrected chi connectivity index (χ0v) is 21.8. The number of carbonyl (C=O) groups excluding carboxylic acids is 1. The Kier molecular flexibility index (Phi) is 9.72. The van der Waals surface area contributed by atoms with E-state index in [1.165, 1.54) is 31.5 Å². The lowest BCUT2D eigenvalue weighted by molar-refractivity contribution is -0.111. The van der Waals surface area contributed by atoms with Gasteiger partial charge in [-0.15, -0.1) is 0 Å². The number of carbonyl (C=O) groups is 1. The Balaban J connectivity index is 0.000000599. The number of fused-ring (bicyclic) bond motifs is 1. The van der Waals surface area contributed by atoms with E-state index in [1.54, 1.807) is 48.5 Å². The Morgan fingerprint density at radius 2 is 1.87 bits per heavy atom. The number of halogens is 2. The van der Waals surface area contributed by atoms with Crippen LogP contribution < -0.4 is 15.4 Å². The average Bonchev–Trinajstić information content (AvgIpc) is 2.88. The predicted molar refractivity (Wildman–Crippen MR) is 146 cm³/mol. The molecule has 0 aliphatic heterocycles. The van der Waals surface area contributed by atoms with E-state index in [9.17, 15) is 17.6 Å². The summed E-state index contributed by atoms with van der Waals surface area (Å²) in [6, 6.07) is 16.7. The van der Waals surface area contributed by atoms with Gasteiger partial charge in [0.25, 0.3) is 10.1 Å². The first-order valence-corrected chi connectivity index (χ1v) is 13.1. The van der Waals surface area contributed by atoms with Crippen molar-refractivity contribution in [1.29, 1.82) is 0 Å². The quantitative estimate of drug-likeness (QED) is 0.184. The molecule has 0 aliphatic carbocycles. The van der Waals surface area contributed by atoms with Crippen LogP contribution in [0.3, 0.4) is 0 Å². The van der Waals surface area contributed by atoms with Crippen LogP contribution in [0.4, 0.5) is 21.6 Å². The minimum absolute atomic E-state index is 0.194. The summed E-state index contributed by atoms with van der Waals surface area (Å²) in [7, 11) is -3.66. The molecule has 1 heterocycles. The Labute approximate surface area is 224 Å². The van der Waals surface area contributed by atoms with Gasteiger partial charge in [-0.25, -0.2) is 14.4 Å². The van der Waals surface area contributed by atoms with Crippen molar-refractivity contribution in [2.45, 2.75) is 13.5 Å². The van der Waals surface area contributed by atoms with E-state index < -0.39 is 10.1 Å². The van der Waals surface area contributed by atoms with E-state index >= 15 is 0 Å². The van der Waals surface area contributed by atoms with Crippen molar-refractivity contribution >= 4 is 55.7 Å². The largest absolute Gasteiger partial charge is 0.487 e. The second kappa shape index (κ2) is 13.0. The van der Waals surface area contributed by atoms with Crippen molar-refractivity contribution in [3.8, 4) is 5.75 Å². The summed E-state index contributed by atoms with van der Waals surface area (Å²) in [5, 5.41) is 7.05. The summed E-state index contributed by atoms with van der Waals surface area (Å²) in [6.07, 6.45) is 2.65. The minimum atomic E-state index is -3.66. The standard InChI is InChI=1S/C24H18ClFN4O2.C2H6O3S/c1-2-23(31)29-17-6-8-21-19(11-17)24(28-14-27-21)30-18-7-9-22(20(25)12-18)32-13-15-4-3-5-16(26)10-15;1-2-6(3,4)5/h2-12,14H,1,13H2,(H,29,31)(H,27,28,30);2H2,1H3,(H,3,4,5). The predicted octanol–water partition coefficient (Wildman–Crippen LogP) is 5.76. The molecule has 12 heteroatoms. The highest BCUT2D eigenvalue weighted by Gasteiger charge is 2.09. The minimum Gasteiger partial charge on any atom is -0.487 e. The number of anilines is 3. The summed E-state index contributed by atoms with van der Waals surface area (Å²) < 4.78 is 45.9. The van der Waals surface area contributed by atoms with Crippen LogP contribution >= 0.6 is 11.6 Å². The molecule has 4 rings (SSSR count). The molecule has 1 aromatic heterocycles. The molecule has 38 heavy (non-hydrogen) atoms. The maximum absolute atomic E-state index is 13.3. The van der Waals surface area contributed by atoms with Gasteiger partial charge in [0.05, 0.1) is 16.3 Å². The number of amides is 1. The van der Waals surface area contributed by atoms with Crippen LogP contribution in [0.2, 0.25) is 5.02 Å². The Morgan fingerprint density at radius 1 is 1.13 bits per heavy atom. The fourth-order valence-corrected chi connectivity index (χ4v) is 3.28. The van der Waals surface area contributed by atoms with Crippen molar-refractivity contribution in [3.05, 3.63) is 96.0 Å². The second-order valence-electron chi connectivity index (χ2n) is 7.71. The summed E-state index contributed by atoms with van der Waals surface area (Å²) in [4.78, 5) is 20.2. The summed E-state index contributed by atoms with van der Waals surface area (Å²) >= 11 is 6.38. The highest BCUT2D eigenvalue weighted by Crippen LogP contribution is 2.31. The molecular formula is C26H24ClFN4O5S. The van der Waals surface area contributed by atoms with Crippen LogP contribution in [0.5, 0.6) is 5.75 Å². The zero-order chi connectivity index (χ0) is 27.7. The topological polar surface area (TPSA) is 131 Å². The van der Waals surface area contributed by atoms with Crippen LogP contribution in [0.1, 0.15) is 12.5 Å². The molecule has 0 fully saturated rings. The van der Waals surface area contributed by atoms with Crippen molar-refractivity contribution in [3.63, 3.8) is 0 Å². The molecule has 0 aliphatic rings. The van der Waals surface area contributed by atoms with Gasteiger partial charge in [0.2, 0.25) is 5.91 Å². The van der Waals surface area contributed by atoms with Gasteiger partial charge in [-0.2, -0.15) is 8.42 Å². The smallest absolute Gasteiger partial charge is 0.264 e. The molecule has 0 saturated heterocycles. The second-order valence-corrected chi connectivity index (χ2v) is 9.86. The lowest BCUT2D eigenvalue weighted by Gasteiger charge is -2.12. The lowest BCUT2D eigenvalue weighted by atomic mass is 10.2. The molecule has 0 radical (unpaired) electrons.